The van der Waals surface area contributed by atoms with Crippen LogP contribution in [0.2, 0.25) is 15.1 Å². The number of aromatic nitrogens is 3. The number of carbonyl (C=O) groups excluding carboxylic acids is 2. The monoisotopic (exact) mass is 511 g/mol. The van der Waals surface area contributed by atoms with Crippen molar-refractivity contribution < 1.29 is 9.59 Å². The van der Waals surface area contributed by atoms with Gasteiger partial charge in [0, 0.05) is 22.3 Å². The first-order valence-corrected chi connectivity index (χ1v) is 11.7. The molecule has 2 N–H and O–H groups in total. The number of aryl methyl sites for hydroxylation is 1. The number of hydrogen-bond donors (Lipinski definition) is 2. The lowest BCUT2D eigenvalue weighted by Gasteiger charge is -2.09. The van der Waals surface area contributed by atoms with Gasteiger partial charge in [0.05, 0.1) is 22.9 Å². The zero-order valence-electron chi connectivity index (χ0n) is 17.3. The van der Waals surface area contributed by atoms with Gasteiger partial charge in [0.2, 0.25) is 11.8 Å². The third-order valence-electron chi connectivity index (χ3n) is 4.42. The second kappa shape index (κ2) is 11.0. The zero-order valence-corrected chi connectivity index (χ0v) is 20.4. The van der Waals surface area contributed by atoms with Gasteiger partial charge in [0.1, 0.15) is 5.82 Å². The predicted molar refractivity (Wildman–Crippen MR) is 130 cm³/mol. The molecule has 1 aromatic heterocycles. The van der Waals surface area contributed by atoms with Gasteiger partial charge in [-0.05, 0) is 49.7 Å². The van der Waals surface area contributed by atoms with Crippen LogP contribution in [0, 0.1) is 6.92 Å². The van der Waals surface area contributed by atoms with E-state index in [1.807, 2.05) is 19.9 Å². The second-order valence-corrected chi connectivity index (χ2v) is 8.99. The average molecular weight is 513 g/mol. The lowest BCUT2D eigenvalue weighted by molar-refractivity contribution is -0.116. The van der Waals surface area contributed by atoms with Crippen molar-refractivity contribution in [2.75, 3.05) is 16.4 Å². The zero-order chi connectivity index (χ0) is 23.3. The Bertz CT molecular complexity index is 1150. The second-order valence-electron chi connectivity index (χ2n) is 6.79. The van der Waals surface area contributed by atoms with Crippen molar-refractivity contribution >= 4 is 69.8 Å². The first-order chi connectivity index (χ1) is 15.3. The molecule has 0 atom stereocenters. The van der Waals surface area contributed by atoms with Crippen LogP contribution in [-0.4, -0.2) is 32.3 Å². The largest absolute Gasteiger partial charge is 0.326 e. The fourth-order valence-corrected chi connectivity index (χ4v) is 4.26. The van der Waals surface area contributed by atoms with Gasteiger partial charge in [-0.15, -0.1) is 10.2 Å². The maximum absolute atomic E-state index is 12.5. The standard InChI is InChI=1S/C21H20Cl3N5O2S/c1-3-29-18(10-19(30)25-14-6-4-12(2)15(23)9-14)27-28-21(29)32-11-20(31)26-17-7-5-13(22)8-16(17)24/h4-9H,3,10-11H2,1-2H3,(H,25,30)(H,26,31). The van der Waals surface area contributed by atoms with E-state index in [1.165, 1.54) is 11.8 Å². The summed E-state index contributed by atoms with van der Waals surface area (Å²) in [5.74, 6) is 0.122. The first kappa shape index (κ1) is 24.4. The summed E-state index contributed by atoms with van der Waals surface area (Å²) in [6, 6.07) is 10.2. The molecule has 0 spiro atoms. The highest BCUT2D eigenvalue weighted by Gasteiger charge is 2.16. The topological polar surface area (TPSA) is 88.9 Å². The molecule has 0 aliphatic carbocycles. The third kappa shape index (κ3) is 6.38. The molecule has 0 saturated carbocycles. The molecule has 3 aromatic rings. The maximum atomic E-state index is 12.5. The normalized spacial score (nSPS) is 10.8. The number of amides is 2. The van der Waals surface area contributed by atoms with Crippen molar-refractivity contribution in [1.29, 1.82) is 0 Å². The molecule has 0 aliphatic rings. The molecule has 0 saturated heterocycles. The Kier molecular flexibility index (Phi) is 8.42. The van der Waals surface area contributed by atoms with Crippen LogP contribution in [0.25, 0.3) is 0 Å². The molecule has 0 aliphatic heterocycles. The van der Waals surface area contributed by atoms with E-state index in [0.29, 0.717) is 44.0 Å². The van der Waals surface area contributed by atoms with Gasteiger partial charge in [0.25, 0.3) is 0 Å². The van der Waals surface area contributed by atoms with Crippen molar-refractivity contribution in [2.24, 2.45) is 0 Å². The summed E-state index contributed by atoms with van der Waals surface area (Å²) in [5, 5.41) is 15.8. The molecule has 1 heterocycles. The number of carbonyl (C=O) groups is 2. The molecule has 2 aromatic carbocycles. The van der Waals surface area contributed by atoms with Crippen LogP contribution in [0.3, 0.4) is 0 Å². The van der Waals surface area contributed by atoms with Crippen LogP contribution < -0.4 is 10.6 Å². The molecule has 11 heteroatoms. The van der Waals surface area contributed by atoms with Crippen LogP contribution in [0.5, 0.6) is 0 Å². The molecule has 0 unspecified atom stereocenters. The Morgan fingerprint density at radius 1 is 1.00 bits per heavy atom. The summed E-state index contributed by atoms with van der Waals surface area (Å²) < 4.78 is 1.80. The summed E-state index contributed by atoms with van der Waals surface area (Å²) >= 11 is 19.3. The fraction of sp³-hybridized carbons (Fsp3) is 0.238. The van der Waals surface area contributed by atoms with Crippen molar-refractivity contribution in [3.8, 4) is 0 Å². The van der Waals surface area contributed by atoms with Gasteiger partial charge < -0.3 is 15.2 Å². The number of hydrogen-bond acceptors (Lipinski definition) is 5. The molecule has 2 amide bonds. The Morgan fingerprint density at radius 3 is 2.47 bits per heavy atom. The average Bonchev–Trinajstić information content (AvgIpc) is 3.12. The highest BCUT2D eigenvalue weighted by Crippen LogP contribution is 2.26. The van der Waals surface area contributed by atoms with E-state index in [-0.39, 0.29) is 24.0 Å². The number of nitrogens with one attached hydrogen (secondary N) is 2. The van der Waals surface area contributed by atoms with Gasteiger partial charge in [-0.25, -0.2) is 0 Å². The van der Waals surface area contributed by atoms with Crippen molar-refractivity contribution in [2.45, 2.75) is 32.0 Å². The Balaban J connectivity index is 1.59. The molecule has 0 bridgehead atoms. The summed E-state index contributed by atoms with van der Waals surface area (Å²) in [6.07, 6.45) is 0.0411. The molecule has 7 nitrogen and oxygen atoms in total. The van der Waals surface area contributed by atoms with E-state index < -0.39 is 0 Å². The Labute approximate surface area is 204 Å². The van der Waals surface area contributed by atoms with Crippen LogP contribution in [-0.2, 0) is 22.6 Å². The highest BCUT2D eigenvalue weighted by atomic mass is 35.5. The molecule has 32 heavy (non-hydrogen) atoms. The maximum Gasteiger partial charge on any atom is 0.234 e. The van der Waals surface area contributed by atoms with Crippen molar-refractivity contribution in [1.82, 2.24) is 14.8 Å². The molecular weight excluding hydrogens is 493 g/mol. The van der Waals surface area contributed by atoms with Gasteiger partial charge in [-0.1, -0.05) is 52.6 Å². The minimum atomic E-state index is -0.250. The quantitative estimate of drug-likeness (QED) is 0.390. The number of halogens is 3. The Morgan fingerprint density at radius 2 is 1.78 bits per heavy atom. The van der Waals surface area contributed by atoms with Crippen LogP contribution in [0.4, 0.5) is 11.4 Å². The van der Waals surface area contributed by atoms with E-state index in [2.05, 4.69) is 20.8 Å². The smallest absolute Gasteiger partial charge is 0.234 e. The van der Waals surface area contributed by atoms with Gasteiger partial charge in [-0.3, -0.25) is 9.59 Å². The highest BCUT2D eigenvalue weighted by molar-refractivity contribution is 7.99. The van der Waals surface area contributed by atoms with E-state index >= 15 is 0 Å². The van der Waals surface area contributed by atoms with Crippen LogP contribution >= 0.6 is 46.6 Å². The summed E-state index contributed by atoms with van der Waals surface area (Å²) in [7, 11) is 0. The van der Waals surface area contributed by atoms with Gasteiger partial charge in [0.15, 0.2) is 5.16 Å². The van der Waals surface area contributed by atoms with Crippen molar-refractivity contribution in [3.63, 3.8) is 0 Å². The SMILES string of the molecule is CCn1c(CC(=O)Nc2ccc(C)c(Cl)c2)nnc1SCC(=O)Nc1ccc(Cl)cc1Cl. The first-order valence-electron chi connectivity index (χ1n) is 9.62. The lowest BCUT2D eigenvalue weighted by atomic mass is 10.2. The minimum Gasteiger partial charge on any atom is -0.326 e. The number of benzene rings is 2. The van der Waals surface area contributed by atoms with Gasteiger partial charge in [-0.2, -0.15) is 0 Å². The fourth-order valence-electron chi connectivity index (χ4n) is 2.80. The molecule has 0 fully saturated rings. The van der Waals surface area contributed by atoms with Gasteiger partial charge >= 0.3 is 0 Å². The number of nitrogens with zero attached hydrogens (tertiary/aromatic N) is 3. The predicted octanol–water partition coefficient (Wildman–Crippen LogP) is 5.48. The van der Waals surface area contributed by atoms with E-state index in [0.717, 1.165) is 5.56 Å². The summed E-state index contributed by atoms with van der Waals surface area (Å²) in [5.41, 5.74) is 2.02. The Hall–Kier alpha value is -2.26. The summed E-state index contributed by atoms with van der Waals surface area (Å²) in [6.45, 7) is 4.36. The molecule has 168 valence electrons. The van der Waals surface area contributed by atoms with E-state index in [1.54, 1.807) is 34.9 Å². The van der Waals surface area contributed by atoms with E-state index in [9.17, 15) is 9.59 Å². The lowest BCUT2D eigenvalue weighted by Crippen LogP contribution is -2.18. The molecular formula is C21H20Cl3N5O2S. The molecule has 0 radical (unpaired) electrons. The molecule has 3 rings (SSSR count). The van der Waals surface area contributed by atoms with Crippen molar-refractivity contribution in [3.05, 3.63) is 62.9 Å². The van der Waals surface area contributed by atoms with Crippen LogP contribution in [0.1, 0.15) is 18.3 Å². The van der Waals surface area contributed by atoms with Crippen LogP contribution in [0.15, 0.2) is 41.6 Å². The number of thioether (sulfide) groups is 1. The number of rotatable bonds is 8. The minimum absolute atomic E-state index is 0.0411. The summed E-state index contributed by atoms with van der Waals surface area (Å²) in [4.78, 5) is 24.8. The third-order valence-corrected chi connectivity index (χ3v) is 6.34. The van der Waals surface area contributed by atoms with E-state index in [4.69, 9.17) is 34.8 Å². The number of anilines is 2.